The van der Waals surface area contributed by atoms with Gasteiger partial charge < -0.3 is 0 Å². The number of carbonyl (C=O) groups is 2. The maximum absolute atomic E-state index is 11.8. The molecule has 0 aliphatic rings. The van der Waals surface area contributed by atoms with Gasteiger partial charge in [0, 0.05) is 18.9 Å². The molecule has 0 amide bonds. The fraction of sp³-hybridized carbons (Fsp3) is 0.583. The van der Waals surface area contributed by atoms with Gasteiger partial charge in [0.25, 0.3) is 0 Å². The molecule has 1 aromatic rings. The summed E-state index contributed by atoms with van der Waals surface area (Å²) in [6.45, 7) is 7.31. The number of carbonyl (C=O) groups excluding carboxylic acids is 2. The standard InChI is InChI=1S/C12H18N2O2/c1-7(2)11(15)9-6-10(14(5)13-9)12(16)8(3)4/h6-8H,1-5H3. The average molecular weight is 222 g/mol. The molecule has 0 aromatic carbocycles. The summed E-state index contributed by atoms with van der Waals surface area (Å²) in [7, 11) is 1.69. The van der Waals surface area contributed by atoms with Gasteiger partial charge in [0.05, 0.1) is 0 Å². The Hall–Kier alpha value is -1.45. The molecule has 0 fully saturated rings. The Balaban J connectivity index is 3.08. The van der Waals surface area contributed by atoms with Gasteiger partial charge in [-0.1, -0.05) is 27.7 Å². The lowest BCUT2D eigenvalue weighted by Gasteiger charge is -2.02. The summed E-state index contributed by atoms with van der Waals surface area (Å²) in [5.41, 5.74) is 0.875. The van der Waals surface area contributed by atoms with Crippen molar-refractivity contribution in [3.05, 3.63) is 17.5 Å². The van der Waals surface area contributed by atoms with E-state index in [0.29, 0.717) is 11.4 Å². The minimum absolute atomic E-state index is 0.0119. The Morgan fingerprint density at radius 3 is 2.06 bits per heavy atom. The predicted molar refractivity (Wildman–Crippen MR) is 61.5 cm³/mol. The van der Waals surface area contributed by atoms with Crippen molar-refractivity contribution in [1.82, 2.24) is 9.78 Å². The van der Waals surface area contributed by atoms with Crippen LogP contribution in [-0.4, -0.2) is 21.3 Å². The van der Waals surface area contributed by atoms with Crippen LogP contribution in [-0.2, 0) is 7.05 Å². The molecule has 0 saturated heterocycles. The van der Waals surface area contributed by atoms with Crippen LogP contribution in [0.25, 0.3) is 0 Å². The fourth-order valence-electron chi connectivity index (χ4n) is 1.41. The lowest BCUT2D eigenvalue weighted by molar-refractivity contribution is 0.0925. The predicted octanol–water partition coefficient (Wildman–Crippen LogP) is 2.10. The van der Waals surface area contributed by atoms with E-state index in [2.05, 4.69) is 5.10 Å². The summed E-state index contributed by atoms with van der Waals surface area (Å²) < 4.78 is 1.48. The smallest absolute Gasteiger partial charge is 0.185 e. The molecule has 4 heteroatoms. The van der Waals surface area contributed by atoms with Crippen molar-refractivity contribution in [2.24, 2.45) is 18.9 Å². The second-order valence-corrected chi connectivity index (χ2v) is 4.58. The highest BCUT2D eigenvalue weighted by molar-refractivity contribution is 6.00. The minimum atomic E-state index is -0.100. The first-order valence-corrected chi connectivity index (χ1v) is 5.47. The van der Waals surface area contributed by atoms with Crippen molar-refractivity contribution in [2.45, 2.75) is 27.7 Å². The highest BCUT2D eigenvalue weighted by Crippen LogP contribution is 2.12. The van der Waals surface area contributed by atoms with Gasteiger partial charge in [-0.3, -0.25) is 14.3 Å². The fourth-order valence-corrected chi connectivity index (χ4v) is 1.41. The van der Waals surface area contributed by atoms with Crippen LogP contribution >= 0.6 is 0 Å². The molecule has 4 nitrogen and oxygen atoms in total. The normalized spacial score (nSPS) is 11.2. The molecular weight excluding hydrogens is 204 g/mol. The van der Waals surface area contributed by atoms with Gasteiger partial charge in [-0.2, -0.15) is 5.10 Å². The topological polar surface area (TPSA) is 52.0 Å². The van der Waals surface area contributed by atoms with E-state index in [-0.39, 0.29) is 23.4 Å². The quantitative estimate of drug-likeness (QED) is 0.733. The molecular formula is C12H18N2O2. The van der Waals surface area contributed by atoms with E-state index in [4.69, 9.17) is 0 Å². The summed E-state index contributed by atoms with van der Waals surface area (Å²) in [5.74, 6) is -0.203. The maximum atomic E-state index is 11.8. The number of nitrogens with zero attached hydrogens (tertiary/aromatic N) is 2. The van der Waals surface area contributed by atoms with Gasteiger partial charge in [-0.05, 0) is 6.07 Å². The van der Waals surface area contributed by atoms with Crippen molar-refractivity contribution in [2.75, 3.05) is 0 Å². The number of aromatic nitrogens is 2. The van der Waals surface area contributed by atoms with Crippen molar-refractivity contribution < 1.29 is 9.59 Å². The van der Waals surface area contributed by atoms with Crippen LogP contribution in [0.5, 0.6) is 0 Å². The molecule has 0 unspecified atom stereocenters. The third-order valence-corrected chi connectivity index (χ3v) is 2.43. The molecule has 0 atom stereocenters. The highest BCUT2D eigenvalue weighted by atomic mass is 16.1. The van der Waals surface area contributed by atoms with Crippen LogP contribution in [0.4, 0.5) is 0 Å². The van der Waals surface area contributed by atoms with Gasteiger partial charge in [0.2, 0.25) is 0 Å². The third kappa shape index (κ3) is 2.38. The molecule has 16 heavy (non-hydrogen) atoms. The molecule has 0 bridgehead atoms. The molecule has 1 rings (SSSR count). The number of hydrogen-bond donors (Lipinski definition) is 0. The first kappa shape index (κ1) is 12.6. The largest absolute Gasteiger partial charge is 0.292 e. The zero-order valence-electron chi connectivity index (χ0n) is 10.4. The summed E-state index contributed by atoms with van der Waals surface area (Å²) in [6.07, 6.45) is 0. The summed E-state index contributed by atoms with van der Waals surface area (Å²) in [5, 5.41) is 4.08. The average Bonchev–Trinajstić information content (AvgIpc) is 2.57. The zero-order chi connectivity index (χ0) is 12.5. The lowest BCUT2D eigenvalue weighted by atomic mass is 10.0. The van der Waals surface area contributed by atoms with Crippen molar-refractivity contribution in [3.63, 3.8) is 0 Å². The van der Waals surface area contributed by atoms with Gasteiger partial charge in [0.1, 0.15) is 11.4 Å². The number of hydrogen-bond acceptors (Lipinski definition) is 3. The van der Waals surface area contributed by atoms with Crippen LogP contribution in [0.1, 0.15) is 48.7 Å². The second kappa shape index (κ2) is 4.60. The Bertz CT molecular complexity index is 417. The molecule has 0 aliphatic heterocycles. The molecule has 88 valence electrons. The van der Waals surface area contributed by atoms with E-state index >= 15 is 0 Å². The summed E-state index contributed by atoms with van der Waals surface area (Å²) >= 11 is 0. The van der Waals surface area contributed by atoms with Gasteiger partial charge in [0.15, 0.2) is 11.6 Å². The maximum Gasteiger partial charge on any atom is 0.185 e. The molecule has 1 aromatic heterocycles. The van der Waals surface area contributed by atoms with Gasteiger partial charge in [-0.15, -0.1) is 0 Å². The molecule has 0 spiro atoms. The van der Waals surface area contributed by atoms with E-state index < -0.39 is 0 Å². The number of ketones is 2. The third-order valence-electron chi connectivity index (χ3n) is 2.43. The summed E-state index contributed by atoms with van der Waals surface area (Å²) in [4.78, 5) is 23.5. The van der Waals surface area contributed by atoms with Gasteiger partial charge in [-0.25, -0.2) is 0 Å². The van der Waals surface area contributed by atoms with E-state index in [9.17, 15) is 9.59 Å². The Morgan fingerprint density at radius 2 is 1.62 bits per heavy atom. The highest BCUT2D eigenvalue weighted by Gasteiger charge is 2.20. The van der Waals surface area contributed by atoms with E-state index in [1.165, 1.54) is 4.68 Å². The molecule has 0 N–H and O–H groups in total. The number of Topliss-reactive ketones (excluding diaryl/α,β-unsaturated/α-hetero) is 2. The van der Waals surface area contributed by atoms with Crippen molar-refractivity contribution in [3.8, 4) is 0 Å². The second-order valence-electron chi connectivity index (χ2n) is 4.58. The monoisotopic (exact) mass is 222 g/mol. The van der Waals surface area contributed by atoms with Crippen LogP contribution in [0.2, 0.25) is 0 Å². The van der Waals surface area contributed by atoms with Crippen LogP contribution in [0, 0.1) is 11.8 Å². The Labute approximate surface area is 95.6 Å². The SMILES string of the molecule is CC(C)C(=O)c1cc(C(=O)C(C)C)n(C)n1. The first-order valence-electron chi connectivity index (χ1n) is 5.47. The van der Waals surface area contributed by atoms with Crippen molar-refractivity contribution >= 4 is 11.6 Å². The number of rotatable bonds is 4. The molecule has 0 saturated carbocycles. The van der Waals surface area contributed by atoms with Crippen LogP contribution in [0.3, 0.4) is 0 Å². The minimum Gasteiger partial charge on any atom is -0.292 e. The lowest BCUT2D eigenvalue weighted by Crippen LogP contribution is -2.12. The molecule has 0 radical (unpaired) electrons. The Morgan fingerprint density at radius 1 is 1.12 bits per heavy atom. The Kier molecular flexibility index (Phi) is 3.62. The van der Waals surface area contributed by atoms with E-state index in [1.807, 2.05) is 27.7 Å². The zero-order valence-corrected chi connectivity index (χ0v) is 10.4. The number of aryl methyl sites for hydroxylation is 1. The van der Waals surface area contributed by atoms with E-state index in [1.54, 1.807) is 13.1 Å². The summed E-state index contributed by atoms with van der Waals surface area (Å²) in [6, 6.07) is 1.59. The van der Waals surface area contributed by atoms with Crippen LogP contribution in [0.15, 0.2) is 6.07 Å². The van der Waals surface area contributed by atoms with Gasteiger partial charge >= 0.3 is 0 Å². The van der Waals surface area contributed by atoms with E-state index in [0.717, 1.165) is 0 Å². The molecule has 1 heterocycles. The van der Waals surface area contributed by atoms with Crippen LogP contribution < -0.4 is 0 Å². The first-order chi connectivity index (χ1) is 7.34. The molecule has 0 aliphatic carbocycles. The van der Waals surface area contributed by atoms with Crippen molar-refractivity contribution in [1.29, 1.82) is 0 Å².